The van der Waals surface area contributed by atoms with Crippen molar-refractivity contribution in [1.29, 1.82) is 0 Å². The summed E-state index contributed by atoms with van der Waals surface area (Å²) in [6.45, 7) is 3.70. The van der Waals surface area contributed by atoms with E-state index in [2.05, 4.69) is 0 Å². The molecule has 0 aliphatic carbocycles. The van der Waals surface area contributed by atoms with Crippen LogP contribution in [0.1, 0.15) is 20.8 Å². The first-order valence-corrected chi connectivity index (χ1v) is 8.59. The molecule has 0 radical (unpaired) electrons. The van der Waals surface area contributed by atoms with Crippen LogP contribution in [0.25, 0.3) is 0 Å². The molecule has 8 heteroatoms. The lowest BCUT2D eigenvalue weighted by molar-refractivity contribution is -0.165. The van der Waals surface area contributed by atoms with Crippen molar-refractivity contribution in [2.75, 3.05) is 6.61 Å². The molecule has 0 amide bonds. The van der Waals surface area contributed by atoms with E-state index < -0.39 is 41.7 Å². The van der Waals surface area contributed by atoms with Crippen molar-refractivity contribution >= 4 is 29.7 Å². The highest BCUT2D eigenvalue weighted by molar-refractivity contribution is 7.99. The second-order valence-electron chi connectivity index (χ2n) is 5.42. The smallest absolute Gasteiger partial charge is 0.303 e. The lowest BCUT2D eigenvalue weighted by atomic mass is 10.1. The van der Waals surface area contributed by atoms with Gasteiger partial charge in [0.1, 0.15) is 18.1 Å². The van der Waals surface area contributed by atoms with Crippen LogP contribution in [0.4, 0.5) is 0 Å². The molecule has 1 aromatic rings. The number of carbonyl (C=O) groups excluding carboxylic acids is 3. The van der Waals surface area contributed by atoms with E-state index in [0.29, 0.717) is 0 Å². The van der Waals surface area contributed by atoms with E-state index in [4.69, 9.17) is 18.9 Å². The summed E-state index contributed by atoms with van der Waals surface area (Å²) >= 11 is 1.34. The van der Waals surface area contributed by atoms with Crippen LogP contribution in [0.3, 0.4) is 0 Å². The molecule has 1 aliphatic heterocycles. The van der Waals surface area contributed by atoms with Crippen LogP contribution in [-0.2, 0) is 33.3 Å². The highest BCUT2D eigenvalue weighted by Gasteiger charge is 2.50. The summed E-state index contributed by atoms with van der Waals surface area (Å²) in [5.74, 6) is -1.53. The second kappa shape index (κ2) is 8.87. The van der Waals surface area contributed by atoms with Crippen molar-refractivity contribution in [2.45, 2.75) is 49.4 Å². The summed E-state index contributed by atoms with van der Waals surface area (Å²) in [6.07, 6.45) is -2.40. The molecule has 4 atom stereocenters. The monoisotopic (exact) mass is 368 g/mol. The minimum atomic E-state index is -0.859. The fraction of sp³-hybridized carbons (Fsp3) is 0.471. The van der Waals surface area contributed by atoms with E-state index in [1.807, 2.05) is 30.3 Å². The molecule has 1 aliphatic rings. The van der Waals surface area contributed by atoms with Gasteiger partial charge in [0.15, 0.2) is 12.2 Å². The van der Waals surface area contributed by atoms with Crippen molar-refractivity contribution in [1.82, 2.24) is 0 Å². The zero-order valence-corrected chi connectivity index (χ0v) is 15.0. The molecule has 0 spiro atoms. The van der Waals surface area contributed by atoms with Gasteiger partial charge in [-0.3, -0.25) is 14.4 Å². The normalized spacial score (nSPS) is 25.2. The first-order chi connectivity index (χ1) is 11.9. The van der Waals surface area contributed by atoms with E-state index in [1.165, 1.54) is 32.5 Å². The van der Waals surface area contributed by atoms with Crippen LogP contribution in [-0.4, -0.2) is 48.3 Å². The molecule has 0 N–H and O–H groups in total. The van der Waals surface area contributed by atoms with E-state index >= 15 is 0 Å². The Labute approximate surface area is 150 Å². The predicted molar refractivity (Wildman–Crippen MR) is 88.7 cm³/mol. The first kappa shape index (κ1) is 19.3. The maximum absolute atomic E-state index is 11.5. The summed E-state index contributed by atoms with van der Waals surface area (Å²) < 4.78 is 21.5. The second-order valence-corrected chi connectivity index (χ2v) is 6.60. The zero-order chi connectivity index (χ0) is 18.4. The van der Waals surface area contributed by atoms with Gasteiger partial charge >= 0.3 is 17.9 Å². The molecular formula is C17H20O7S. The quantitative estimate of drug-likeness (QED) is 0.556. The summed E-state index contributed by atoms with van der Waals surface area (Å²) in [5.41, 5.74) is -0.601. The van der Waals surface area contributed by atoms with E-state index in [0.717, 1.165) is 4.90 Å². The third kappa shape index (κ3) is 5.75. The van der Waals surface area contributed by atoms with Gasteiger partial charge in [0.05, 0.1) is 0 Å². The Morgan fingerprint density at radius 2 is 1.56 bits per heavy atom. The highest BCUT2D eigenvalue weighted by Crippen LogP contribution is 2.37. The molecule has 136 valence electrons. The first-order valence-electron chi connectivity index (χ1n) is 7.71. The highest BCUT2D eigenvalue weighted by atomic mass is 32.2. The van der Waals surface area contributed by atoms with Gasteiger partial charge in [0.2, 0.25) is 0 Å². The fourth-order valence-electron chi connectivity index (χ4n) is 2.40. The van der Waals surface area contributed by atoms with Gasteiger partial charge in [0.25, 0.3) is 0 Å². The van der Waals surface area contributed by atoms with Crippen molar-refractivity contribution in [3.8, 4) is 0 Å². The van der Waals surface area contributed by atoms with Crippen LogP contribution in [0, 0.1) is 0 Å². The lowest BCUT2D eigenvalue weighted by Crippen LogP contribution is -2.40. The molecule has 1 saturated heterocycles. The fourth-order valence-corrected chi connectivity index (χ4v) is 3.53. The maximum Gasteiger partial charge on any atom is 0.303 e. The number of thioether (sulfide) groups is 1. The van der Waals surface area contributed by atoms with Gasteiger partial charge in [-0.25, -0.2) is 0 Å². The van der Waals surface area contributed by atoms with Gasteiger partial charge in [0, 0.05) is 25.7 Å². The minimum Gasteiger partial charge on any atom is -0.463 e. The van der Waals surface area contributed by atoms with Crippen molar-refractivity contribution < 1.29 is 33.3 Å². The van der Waals surface area contributed by atoms with Crippen LogP contribution >= 0.6 is 11.8 Å². The van der Waals surface area contributed by atoms with Gasteiger partial charge in [-0.15, -0.1) is 0 Å². The Morgan fingerprint density at radius 1 is 0.960 bits per heavy atom. The van der Waals surface area contributed by atoms with Crippen LogP contribution in [0.2, 0.25) is 0 Å². The molecular weight excluding hydrogens is 348 g/mol. The Morgan fingerprint density at radius 3 is 2.12 bits per heavy atom. The summed E-state index contributed by atoms with van der Waals surface area (Å²) in [6, 6.07) is 9.41. The number of ether oxygens (including phenoxy) is 4. The van der Waals surface area contributed by atoms with Crippen LogP contribution < -0.4 is 0 Å². The summed E-state index contributed by atoms with van der Waals surface area (Å²) in [5, 5.41) is 0. The number of rotatable bonds is 6. The number of benzene rings is 1. The standard InChI is InChI=1S/C17H20O7S/c1-10(18)21-9-14-15(22-11(2)19)16(23-12(3)20)17(24-14)25-13-7-5-4-6-8-13/h4-8,14-17H,9H2,1-3H3/t14-,15-,16-,17?/m1/s1. The van der Waals surface area contributed by atoms with Crippen LogP contribution in [0.15, 0.2) is 35.2 Å². The molecule has 2 rings (SSSR count). The predicted octanol–water partition coefficient (Wildman–Crippen LogP) is 1.93. The van der Waals surface area contributed by atoms with Crippen molar-refractivity contribution in [3.63, 3.8) is 0 Å². The Hall–Kier alpha value is -2.06. The van der Waals surface area contributed by atoms with Gasteiger partial charge in [-0.2, -0.15) is 0 Å². The molecule has 0 aromatic heterocycles. The molecule has 1 heterocycles. The minimum absolute atomic E-state index is 0.100. The van der Waals surface area contributed by atoms with E-state index in [9.17, 15) is 14.4 Å². The van der Waals surface area contributed by atoms with Crippen LogP contribution in [0.5, 0.6) is 0 Å². The molecule has 0 bridgehead atoms. The van der Waals surface area contributed by atoms with Crippen molar-refractivity contribution in [3.05, 3.63) is 30.3 Å². The summed E-state index contributed by atoms with van der Waals surface area (Å²) in [7, 11) is 0. The summed E-state index contributed by atoms with van der Waals surface area (Å²) in [4.78, 5) is 34.9. The molecule has 7 nitrogen and oxygen atoms in total. The molecule has 25 heavy (non-hydrogen) atoms. The SMILES string of the molecule is CC(=O)OC[C@H]1OC(Sc2ccccc2)[C@H](OC(C)=O)[C@@H]1OC(C)=O. The third-order valence-corrected chi connectivity index (χ3v) is 4.47. The number of hydrogen-bond acceptors (Lipinski definition) is 8. The number of carbonyl (C=O) groups is 3. The number of esters is 3. The van der Waals surface area contributed by atoms with Gasteiger partial charge in [-0.1, -0.05) is 30.0 Å². The van der Waals surface area contributed by atoms with Crippen molar-refractivity contribution in [2.24, 2.45) is 0 Å². The lowest BCUT2D eigenvalue weighted by Gasteiger charge is -2.23. The topological polar surface area (TPSA) is 88.1 Å². The average Bonchev–Trinajstić information content (AvgIpc) is 2.82. The van der Waals surface area contributed by atoms with E-state index in [-0.39, 0.29) is 6.61 Å². The van der Waals surface area contributed by atoms with Gasteiger partial charge in [-0.05, 0) is 12.1 Å². The molecule has 0 saturated carbocycles. The third-order valence-electron chi connectivity index (χ3n) is 3.32. The Bertz CT molecular complexity index is 619. The Balaban J connectivity index is 2.21. The Kier molecular flexibility index (Phi) is 6.83. The number of hydrogen-bond donors (Lipinski definition) is 0. The molecule has 1 unspecified atom stereocenters. The molecule has 1 fully saturated rings. The largest absolute Gasteiger partial charge is 0.463 e. The zero-order valence-electron chi connectivity index (χ0n) is 14.2. The maximum atomic E-state index is 11.5. The van der Waals surface area contributed by atoms with E-state index in [1.54, 1.807) is 0 Å². The average molecular weight is 368 g/mol. The van der Waals surface area contributed by atoms with Gasteiger partial charge < -0.3 is 18.9 Å². The molecule has 1 aromatic carbocycles.